The van der Waals surface area contributed by atoms with E-state index >= 15 is 0 Å². The van der Waals surface area contributed by atoms with E-state index in [-0.39, 0.29) is 0 Å². The van der Waals surface area contributed by atoms with Crippen LogP contribution in [0.4, 0.5) is 0 Å². The number of nitrogens with zero attached hydrogens (tertiary/aromatic N) is 3. The smallest absolute Gasteiger partial charge is 0.210 e. The molecule has 6 nitrogen and oxygen atoms in total. The third-order valence-electron chi connectivity index (χ3n) is 4.69. The van der Waals surface area contributed by atoms with E-state index in [1.165, 1.54) is 10.6 Å². The molecule has 7 heteroatoms. The molecule has 1 aliphatic heterocycles. The minimum atomic E-state index is -3.12. The largest absolute Gasteiger partial charge is 0.359 e. The van der Waals surface area contributed by atoms with Crippen LogP contribution in [0.1, 0.15) is 18.6 Å². The summed E-state index contributed by atoms with van der Waals surface area (Å²) in [6.45, 7) is 3.15. The van der Waals surface area contributed by atoms with E-state index in [0.717, 1.165) is 42.9 Å². The highest BCUT2D eigenvalue weighted by molar-refractivity contribution is 7.88. The van der Waals surface area contributed by atoms with Gasteiger partial charge >= 0.3 is 0 Å². The van der Waals surface area contributed by atoms with Crippen LogP contribution in [0.25, 0.3) is 11.3 Å². The van der Waals surface area contributed by atoms with Gasteiger partial charge in [0.1, 0.15) is 5.69 Å². The van der Waals surface area contributed by atoms with E-state index in [4.69, 9.17) is 4.52 Å². The maximum Gasteiger partial charge on any atom is 0.210 e. The summed E-state index contributed by atoms with van der Waals surface area (Å²) in [6, 6.07) is 12.0. The van der Waals surface area contributed by atoms with Gasteiger partial charge in [-0.2, -0.15) is 0 Å². The summed E-state index contributed by atoms with van der Waals surface area (Å²) >= 11 is 0. The normalized spacial score (nSPS) is 19.4. The average Bonchev–Trinajstić information content (AvgIpc) is 3.03. The molecule has 0 radical (unpaired) electrons. The molecule has 0 saturated carbocycles. The molecule has 0 amide bonds. The van der Waals surface area contributed by atoms with Gasteiger partial charge in [0.25, 0.3) is 0 Å². The second kappa shape index (κ2) is 7.68. The molecule has 0 bridgehead atoms. The van der Waals surface area contributed by atoms with Crippen molar-refractivity contribution in [3.8, 4) is 11.3 Å². The van der Waals surface area contributed by atoms with Gasteiger partial charge in [-0.05, 0) is 25.3 Å². The monoisotopic (exact) mass is 363 g/mol. The second-order valence-electron chi connectivity index (χ2n) is 6.83. The van der Waals surface area contributed by atoms with Crippen LogP contribution in [-0.2, 0) is 16.6 Å². The molecule has 1 atom stereocenters. The Hall–Kier alpha value is -1.70. The van der Waals surface area contributed by atoms with Gasteiger partial charge in [0.15, 0.2) is 5.76 Å². The second-order valence-corrected chi connectivity index (χ2v) is 8.92. The maximum atomic E-state index is 11.6. The van der Waals surface area contributed by atoms with E-state index in [2.05, 4.69) is 10.1 Å². The minimum absolute atomic E-state index is 0.352. The molecule has 0 aliphatic carbocycles. The van der Waals surface area contributed by atoms with Crippen LogP contribution in [0.15, 0.2) is 40.9 Å². The van der Waals surface area contributed by atoms with E-state index in [1.807, 2.05) is 36.4 Å². The fraction of sp³-hybridized carbons (Fsp3) is 0.500. The van der Waals surface area contributed by atoms with Crippen molar-refractivity contribution in [2.45, 2.75) is 19.4 Å². The van der Waals surface area contributed by atoms with Crippen molar-refractivity contribution >= 4 is 10.0 Å². The van der Waals surface area contributed by atoms with Crippen LogP contribution >= 0.6 is 0 Å². The quantitative estimate of drug-likeness (QED) is 0.789. The van der Waals surface area contributed by atoms with Crippen LogP contribution in [0.5, 0.6) is 0 Å². The summed E-state index contributed by atoms with van der Waals surface area (Å²) in [7, 11) is -1.47. The number of hydrogen-bond donors (Lipinski definition) is 0. The highest BCUT2D eigenvalue weighted by Crippen LogP contribution is 2.23. The third kappa shape index (κ3) is 4.90. The number of likely N-dealkylation sites (tertiary alicyclic amines) is 1. The van der Waals surface area contributed by atoms with Crippen LogP contribution in [-0.4, -0.2) is 55.7 Å². The highest BCUT2D eigenvalue weighted by atomic mass is 32.2. The van der Waals surface area contributed by atoms with Crippen molar-refractivity contribution in [1.82, 2.24) is 14.4 Å². The van der Waals surface area contributed by atoms with Crippen molar-refractivity contribution in [3.05, 3.63) is 42.2 Å². The standard InChI is InChI=1S/C18H25N3O3S/c1-20(25(2,22)23)12-15-7-6-10-21(13-15)14-17-11-18(19-24-17)16-8-4-3-5-9-16/h3-5,8-9,11,15H,6-7,10,12-14H2,1-2H3. The molecule has 1 saturated heterocycles. The lowest BCUT2D eigenvalue weighted by molar-refractivity contribution is 0.142. The van der Waals surface area contributed by atoms with Crippen LogP contribution in [0, 0.1) is 5.92 Å². The molecule has 2 heterocycles. The molecule has 136 valence electrons. The Morgan fingerprint density at radius 2 is 2.08 bits per heavy atom. The van der Waals surface area contributed by atoms with Crippen molar-refractivity contribution in [1.29, 1.82) is 0 Å². The molecule has 0 N–H and O–H groups in total. The summed E-state index contributed by atoms with van der Waals surface area (Å²) in [5.74, 6) is 1.20. The Kier molecular flexibility index (Phi) is 5.56. The lowest BCUT2D eigenvalue weighted by atomic mass is 9.98. The van der Waals surface area contributed by atoms with Crippen LogP contribution < -0.4 is 0 Å². The van der Waals surface area contributed by atoms with Gasteiger partial charge in [-0.15, -0.1) is 0 Å². The minimum Gasteiger partial charge on any atom is -0.359 e. The Balaban J connectivity index is 1.59. The molecule has 1 fully saturated rings. The first-order chi connectivity index (χ1) is 11.9. The van der Waals surface area contributed by atoms with Crippen LogP contribution in [0.3, 0.4) is 0 Å². The zero-order valence-corrected chi connectivity index (χ0v) is 15.6. The maximum absolute atomic E-state index is 11.6. The van der Waals surface area contributed by atoms with Gasteiger partial charge in [0.2, 0.25) is 10.0 Å². The number of rotatable bonds is 6. The van der Waals surface area contributed by atoms with Gasteiger partial charge < -0.3 is 4.52 Å². The van der Waals surface area contributed by atoms with Gasteiger partial charge in [0.05, 0.1) is 12.8 Å². The first-order valence-corrected chi connectivity index (χ1v) is 10.4. The van der Waals surface area contributed by atoms with Gasteiger partial charge in [-0.3, -0.25) is 4.90 Å². The summed E-state index contributed by atoms with van der Waals surface area (Å²) < 4.78 is 30.1. The van der Waals surface area contributed by atoms with Crippen LogP contribution in [0.2, 0.25) is 0 Å². The van der Waals surface area contributed by atoms with Crippen molar-refractivity contribution < 1.29 is 12.9 Å². The van der Waals surface area contributed by atoms with Crippen molar-refractivity contribution in [3.63, 3.8) is 0 Å². The fourth-order valence-electron chi connectivity index (χ4n) is 3.30. The topological polar surface area (TPSA) is 66.7 Å². The van der Waals surface area contributed by atoms with Gasteiger partial charge in [0, 0.05) is 31.8 Å². The van der Waals surface area contributed by atoms with Crippen molar-refractivity contribution in [2.24, 2.45) is 5.92 Å². The molecule has 1 aromatic heterocycles. The average molecular weight is 363 g/mol. The molecular weight excluding hydrogens is 338 g/mol. The van der Waals surface area contributed by atoms with E-state index < -0.39 is 10.0 Å². The first kappa shape index (κ1) is 18.1. The fourth-order valence-corrected chi connectivity index (χ4v) is 3.78. The number of sulfonamides is 1. The number of aromatic nitrogens is 1. The molecule has 0 spiro atoms. The number of hydrogen-bond acceptors (Lipinski definition) is 5. The summed E-state index contributed by atoms with van der Waals surface area (Å²) in [5.41, 5.74) is 1.89. The summed E-state index contributed by atoms with van der Waals surface area (Å²) in [6.07, 6.45) is 3.39. The summed E-state index contributed by atoms with van der Waals surface area (Å²) in [4.78, 5) is 2.32. The first-order valence-electron chi connectivity index (χ1n) is 8.56. The highest BCUT2D eigenvalue weighted by Gasteiger charge is 2.24. The lowest BCUT2D eigenvalue weighted by Gasteiger charge is -2.33. The SMILES string of the molecule is CN(CC1CCCN(Cc2cc(-c3ccccc3)no2)C1)S(C)(=O)=O. The Morgan fingerprint density at radius 3 is 2.80 bits per heavy atom. The molecule has 1 unspecified atom stereocenters. The van der Waals surface area contributed by atoms with E-state index in [0.29, 0.717) is 19.0 Å². The predicted molar refractivity (Wildman–Crippen MR) is 97.4 cm³/mol. The number of benzene rings is 1. The molecule has 2 aromatic rings. The molecular formula is C18H25N3O3S. The molecule has 1 aliphatic rings. The van der Waals surface area contributed by atoms with Crippen molar-refractivity contribution in [2.75, 3.05) is 32.9 Å². The zero-order valence-electron chi connectivity index (χ0n) is 14.8. The summed E-state index contributed by atoms with van der Waals surface area (Å²) in [5, 5.41) is 4.16. The lowest BCUT2D eigenvalue weighted by Crippen LogP contribution is -2.41. The Bertz CT molecular complexity index is 789. The van der Waals surface area contributed by atoms with E-state index in [1.54, 1.807) is 7.05 Å². The zero-order chi connectivity index (χ0) is 17.9. The Labute approximate surface area is 149 Å². The van der Waals surface area contributed by atoms with Gasteiger partial charge in [-0.1, -0.05) is 35.5 Å². The molecule has 1 aromatic carbocycles. The Morgan fingerprint density at radius 1 is 1.32 bits per heavy atom. The predicted octanol–water partition coefficient (Wildman–Crippen LogP) is 2.45. The molecule has 25 heavy (non-hydrogen) atoms. The van der Waals surface area contributed by atoms with Gasteiger partial charge in [-0.25, -0.2) is 12.7 Å². The number of piperidine rings is 1. The third-order valence-corrected chi connectivity index (χ3v) is 5.97. The molecule has 3 rings (SSSR count). The van der Waals surface area contributed by atoms with E-state index in [9.17, 15) is 8.42 Å².